The number of imidazole rings is 1. The predicted octanol–water partition coefficient (Wildman–Crippen LogP) is 4.11. The molecule has 0 unspecified atom stereocenters. The zero-order valence-electron chi connectivity index (χ0n) is 13.1. The molecule has 2 atom stereocenters. The molecule has 0 N–H and O–H groups in total. The van der Waals surface area contributed by atoms with Gasteiger partial charge in [-0.25, -0.2) is 13.4 Å². The number of rotatable bonds is 2. The number of halogens is 3. The van der Waals surface area contributed by atoms with E-state index < -0.39 is 27.7 Å². The van der Waals surface area contributed by atoms with Crippen molar-refractivity contribution in [1.29, 1.82) is 0 Å². The van der Waals surface area contributed by atoms with Gasteiger partial charge in [-0.3, -0.25) is 0 Å². The lowest BCUT2D eigenvalue weighted by molar-refractivity contribution is -0.0509. The fraction of sp³-hybridized carbons (Fsp3) is 0.235. The molecule has 0 radical (unpaired) electrons. The smallest absolute Gasteiger partial charge is 0.387 e. The molecule has 1 aromatic heterocycles. The number of fused-ring (bicyclic) bond motifs is 9. The van der Waals surface area contributed by atoms with E-state index in [1.165, 1.54) is 18.2 Å². The number of hydrogen-bond donors (Lipinski definition) is 0. The van der Waals surface area contributed by atoms with Crippen molar-refractivity contribution in [1.82, 2.24) is 9.55 Å². The van der Waals surface area contributed by atoms with Crippen LogP contribution in [0.5, 0.6) is 5.75 Å². The van der Waals surface area contributed by atoms with Gasteiger partial charge in [-0.2, -0.15) is 8.78 Å². The Kier molecular flexibility index (Phi) is 3.19. The molecule has 2 bridgehead atoms. The summed E-state index contributed by atoms with van der Waals surface area (Å²) in [5, 5.41) is -0.324. The van der Waals surface area contributed by atoms with E-state index in [2.05, 4.69) is 9.72 Å². The Morgan fingerprint density at radius 3 is 2.85 bits per heavy atom. The zero-order chi connectivity index (χ0) is 18.2. The molecule has 0 amide bonds. The Morgan fingerprint density at radius 1 is 1.27 bits per heavy atom. The van der Waals surface area contributed by atoms with Gasteiger partial charge in [0, 0.05) is 10.6 Å². The topological polar surface area (TPSA) is 61.2 Å². The van der Waals surface area contributed by atoms with Crippen LogP contribution in [-0.2, 0) is 9.84 Å². The molecule has 5 rings (SSSR count). The summed E-state index contributed by atoms with van der Waals surface area (Å²) in [4.78, 5) is 4.51. The molecular weight excluding hydrogens is 386 g/mol. The maximum atomic E-state index is 13.1. The number of hydrogen-bond acceptors (Lipinski definition) is 4. The SMILES string of the molecule is O=S1(=O)c2cccc(OC(F)F)c2[C@H]2C[C@@H]1c1nc3ccc(Cl)cc3n12. The minimum Gasteiger partial charge on any atom is -0.434 e. The number of ether oxygens (including phenoxy) is 1. The van der Waals surface area contributed by atoms with Gasteiger partial charge in [0.2, 0.25) is 0 Å². The van der Waals surface area contributed by atoms with Gasteiger partial charge in [0.25, 0.3) is 0 Å². The summed E-state index contributed by atoms with van der Waals surface area (Å²) in [6.07, 6.45) is 0.240. The lowest BCUT2D eigenvalue weighted by Crippen LogP contribution is -2.21. The molecule has 0 spiro atoms. The first-order chi connectivity index (χ1) is 12.4. The summed E-state index contributed by atoms with van der Waals surface area (Å²) < 4.78 is 58.3. The highest BCUT2D eigenvalue weighted by atomic mass is 35.5. The second kappa shape index (κ2) is 5.17. The Bertz CT molecular complexity index is 1180. The van der Waals surface area contributed by atoms with E-state index >= 15 is 0 Å². The predicted molar refractivity (Wildman–Crippen MR) is 90.5 cm³/mol. The zero-order valence-corrected chi connectivity index (χ0v) is 14.6. The van der Waals surface area contributed by atoms with Crippen LogP contribution in [0.15, 0.2) is 41.3 Å². The van der Waals surface area contributed by atoms with Gasteiger partial charge in [0.05, 0.1) is 22.0 Å². The summed E-state index contributed by atoms with van der Waals surface area (Å²) >= 11 is 6.09. The Hall–Kier alpha value is -2.19. The van der Waals surface area contributed by atoms with Crippen LogP contribution >= 0.6 is 11.6 Å². The monoisotopic (exact) mass is 396 g/mol. The van der Waals surface area contributed by atoms with Crippen LogP contribution in [0.2, 0.25) is 5.02 Å². The molecule has 2 aromatic carbocycles. The fourth-order valence-corrected chi connectivity index (χ4v) is 6.18. The third-order valence-corrected chi connectivity index (χ3v) is 7.33. The highest BCUT2D eigenvalue weighted by Gasteiger charge is 2.50. The molecule has 9 heteroatoms. The normalized spacial score (nSPS) is 22.5. The van der Waals surface area contributed by atoms with Crippen molar-refractivity contribution >= 4 is 32.5 Å². The van der Waals surface area contributed by atoms with Gasteiger partial charge in [-0.05, 0) is 36.8 Å². The number of alkyl halides is 2. The average molecular weight is 397 g/mol. The molecular formula is C17H11ClF2N2O3S. The highest BCUT2D eigenvalue weighted by molar-refractivity contribution is 7.91. The quantitative estimate of drug-likeness (QED) is 0.654. The Labute approximate surface area is 152 Å². The van der Waals surface area contributed by atoms with Gasteiger partial charge < -0.3 is 9.30 Å². The van der Waals surface area contributed by atoms with Gasteiger partial charge in [-0.15, -0.1) is 0 Å². The first-order valence-electron chi connectivity index (χ1n) is 7.87. The molecule has 0 fully saturated rings. The van der Waals surface area contributed by atoms with Crippen LogP contribution in [0, 0.1) is 0 Å². The lowest BCUT2D eigenvalue weighted by atomic mass is 10.0. The van der Waals surface area contributed by atoms with E-state index in [-0.39, 0.29) is 22.6 Å². The lowest BCUT2D eigenvalue weighted by Gasteiger charge is -2.25. The number of benzene rings is 2. The van der Waals surface area contributed by atoms with Crippen LogP contribution in [-0.4, -0.2) is 24.6 Å². The van der Waals surface area contributed by atoms with Crippen LogP contribution in [0.25, 0.3) is 11.0 Å². The summed E-state index contributed by atoms with van der Waals surface area (Å²) in [7, 11) is -3.76. The molecule has 0 saturated heterocycles. The van der Waals surface area contributed by atoms with E-state index in [0.717, 1.165) is 0 Å². The third kappa shape index (κ3) is 1.99. The van der Waals surface area contributed by atoms with Gasteiger partial charge in [0.1, 0.15) is 16.8 Å². The van der Waals surface area contributed by atoms with Crippen molar-refractivity contribution in [3.63, 3.8) is 0 Å². The minimum atomic E-state index is -3.76. The Morgan fingerprint density at radius 2 is 2.08 bits per heavy atom. The van der Waals surface area contributed by atoms with Crippen molar-refractivity contribution in [3.8, 4) is 5.75 Å². The second-order valence-electron chi connectivity index (χ2n) is 6.30. The van der Waals surface area contributed by atoms with Crippen molar-refractivity contribution in [2.75, 3.05) is 0 Å². The van der Waals surface area contributed by atoms with Gasteiger partial charge in [-0.1, -0.05) is 17.7 Å². The highest BCUT2D eigenvalue weighted by Crippen LogP contribution is 2.55. The van der Waals surface area contributed by atoms with Gasteiger partial charge in [0.15, 0.2) is 9.84 Å². The maximum Gasteiger partial charge on any atom is 0.387 e. The van der Waals surface area contributed by atoms with E-state index in [1.807, 2.05) is 0 Å². The van der Waals surface area contributed by atoms with E-state index in [0.29, 0.717) is 21.9 Å². The van der Waals surface area contributed by atoms with Gasteiger partial charge >= 0.3 is 6.61 Å². The van der Waals surface area contributed by atoms with Crippen LogP contribution in [0.3, 0.4) is 0 Å². The number of nitrogens with zero attached hydrogens (tertiary/aromatic N) is 2. The second-order valence-corrected chi connectivity index (χ2v) is 8.84. The van der Waals surface area contributed by atoms with Crippen molar-refractivity contribution in [3.05, 3.63) is 52.8 Å². The molecule has 0 aliphatic carbocycles. The Balaban J connectivity index is 1.85. The first-order valence-corrected chi connectivity index (χ1v) is 9.79. The summed E-state index contributed by atoms with van der Waals surface area (Å²) in [6, 6.07) is 8.86. The summed E-state index contributed by atoms with van der Waals surface area (Å²) in [5.41, 5.74) is 1.54. The molecule has 2 aliphatic rings. The summed E-state index contributed by atoms with van der Waals surface area (Å²) in [5.74, 6) is 0.285. The molecule has 3 aromatic rings. The van der Waals surface area contributed by atoms with Crippen LogP contribution in [0.4, 0.5) is 8.78 Å². The third-order valence-electron chi connectivity index (χ3n) is 4.97. The summed E-state index contributed by atoms with van der Waals surface area (Å²) in [6.45, 7) is -3.04. The molecule has 3 heterocycles. The molecule has 2 aliphatic heterocycles. The maximum absolute atomic E-state index is 13.1. The molecule has 26 heavy (non-hydrogen) atoms. The largest absolute Gasteiger partial charge is 0.434 e. The molecule has 0 saturated carbocycles. The number of aromatic nitrogens is 2. The fourth-order valence-electron chi connectivity index (χ4n) is 4.02. The minimum absolute atomic E-state index is 0.0255. The molecule has 5 nitrogen and oxygen atoms in total. The molecule has 134 valence electrons. The van der Waals surface area contributed by atoms with Crippen molar-refractivity contribution in [2.24, 2.45) is 0 Å². The van der Waals surface area contributed by atoms with Crippen LogP contribution in [0.1, 0.15) is 29.1 Å². The van der Waals surface area contributed by atoms with E-state index in [4.69, 9.17) is 11.6 Å². The van der Waals surface area contributed by atoms with Crippen LogP contribution < -0.4 is 4.74 Å². The standard InChI is InChI=1S/C17H11ClF2N2O3S/c18-8-4-5-9-10(6-8)22-11-7-14(16(22)21-9)26(23,24)13-3-1-2-12(15(11)13)25-17(19)20/h1-6,11,14,17H,7H2/t11-,14-/m1/s1. The van der Waals surface area contributed by atoms with E-state index in [1.54, 1.807) is 22.8 Å². The first kappa shape index (κ1) is 16.0. The average Bonchev–Trinajstić information content (AvgIpc) is 3.09. The van der Waals surface area contributed by atoms with Crippen molar-refractivity contribution in [2.45, 2.75) is 29.2 Å². The van der Waals surface area contributed by atoms with Crippen molar-refractivity contribution < 1.29 is 21.9 Å². The van der Waals surface area contributed by atoms with E-state index in [9.17, 15) is 17.2 Å². The number of sulfone groups is 1.